The Balaban J connectivity index is 2.45. The van der Waals surface area contributed by atoms with E-state index in [1.807, 2.05) is 13.8 Å². The van der Waals surface area contributed by atoms with Crippen LogP contribution in [0.5, 0.6) is 0 Å². The van der Waals surface area contributed by atoms with E-state index in [9.17, 15) is 13.2 Å². The highest BCUT2D eigenvalue weighted by Gasteiger charge is 2.31. The fourth-order valence-corrected chi connectivity index (χ4v) is 2.52. The average molecular weight is 263 g/mol. The highest BCUT2D eigenvalue weighted by Crippen LogP contribution is 2.11. The van der Waals surface area contributed by atoms with Crippen LogP contribution in [0, 0.1) is 0 Å². The van der Waals surface area contributed by atoms with Gasteiger partial charge < -0.3 is 10.2 Å². The van der Waals surface area contributed by atoms with Gasteiger partial charge in [0.15, 0.2) is 0 Å². The van der Waals surface area contributed by atoms with Crippen LogP contribution in [-0.4, -0.2) is 57.2 Å². The van der Waals surface area contributed by atoms with Crippen molar-refractivity contribution in [1.82, 2.24) is 14.9 Å². The van der Waals surface area contributed by atoms with Crippen LogP contribution < -0.4 is 10.0 Å². The molecule has 1 amide bonds. The summed E-state index contributed by atoms with van der Waals surface area (Å²) in [4.78, 5) is 13.5. The molecule has 1 aliphatic heterocycles. The molecule has 0 bridgehead atoms. The van der Waals surface area contributed by atoms with Crippen LogP contribution >= 0.6 is 0 Å². The molecule has 1 unspecified atom stereocenters. The van der Waals surface area contributed by atoms with Gasteiger partial charge in [-0.2, -0.15) is 0 Å². The van der Waals surface area contributed by atoms with Crippen molar-refractivity contribution in [2.45, 2.75) is 32.4 Å². The first-order valence-electron chi connectivity index (χ1n) is 5.82. The molecule has 0 aromatic rings. The summed E-state index contributed by atoms with van der Waals surface area (Å²) in [6.45, 7) is 4.86. The number of sulfonamides is 1. The molecule has 0 spiro atoms. The molecule has 1 fully saturated rings. The van der Waals surface area contributed by atoms with Crippen LogP contribution in [0.2, 0.25) is 0 Å². The Hall–Kier alpha value is -0.660. The van der Waals surface area contributed by atoms with E-state index in [2.05, 4.69) is 10.0 Å². The predicted molar refractivity (Wildman–Crippen MR) is 66.1 cm³/mol. The second-order valence-electron chi connectivity index (χ2n) is 4.51. The highest BCUT2D eigenvalue weighted by atomic mass is 32.2. The van der Waals surface area contributed by atoms with Gasteiger partial charge in [-0.25, -0.2) is 13.1 Å². The zero-order valence-corrected chi connectivity index (χ0v) is 11.4. The van der Waals surface area contributed by atoms with E-state index in [0.717, 1.165) is 6.42 Å². The highest BCUT2D eigenvalue weighted by molar-refractivity contribution is 7.89. The molecule has 1 atom stereocenters. The Labute approximate surface area is 103 Å². The van der Waals surface area contributed by atoms with Crippen LogP contribution in [0.25, 0.3) is 0 Å². The SMILES string of the molecule is CNS(=O)(=O)CCN1CCC(NC(C)C)C1=O. The van der Waals surface area contributed by atoms with Crippen molar-refractivity contribution in [3.05, 3.63) is 0 Å². The van der Waals surface area contributed by atoms with Gasteiger partial charge in [0, 0.05) is 19.1 Å². The predicted octanol–water partition coefficient (Wildman–Crippen LogP) is -0.865. The van der Waals surface area contributed by atoms with E-state index in [4.69, 9.17) is 0 Å². The van der Waals surface area contributed by atoms with Gasteiger partial charge in [-0.15, -0.1) is 0 Å². The van der Waals surface area contributed by atoms with Gasteiger partial charge in [0.05, 0.1) is 11.8 Å². The topological polar surface area (TPSA) is 78.5 Å². The summed E-state index contributed by atoms with van der Waals surface area (Å²) in [6, 6.07) is 0.0947. The lowest BCUT2D eigenvalue weighted by Gasteiger charge is -2.18. The first-order chi connectivity index (χ1) is 7.85. The van der Waals surface area contributed by atoms with E-state index in [1.54, 1.807) is 4.90 Å². The van der Waals surface area contributed by atoms with Gasteiger partial charge >= 0.3 is 0 Å². The third-order valence-electron chi connectivity index (χ3n) is 2.77. The Morgan fingerprint density at radius 1 is 1.47 bits per heavy atom. The summed E-state index contributed by atoms with van der Waals surface area (Å²) in [6.07, 6.45) is 0.747. The minimum atomic E-state index is -3.24. The van der Waals surface area contributed by atoms with Gasteiger partial charge in [0.2, 0.25) is 15.9 Å². The summed E-state index contributed by atoms with van der Waals surface area (Å²) >= 11 is 0. The summed E-state index contributed by atoms with van der Waals surface area (Å²) in [5.41, 5.74) is 0. The third kappa shape index (κ3) is 4.25. The zero-order valence-electron chi connectivity index (χ0n) is 10.6. The molecule has 0 radical (unpaired) electrons. The summed E-state index contributed by atoms with van der Waals surface area (Å²) < 4.78 is 24.8. The largest absolute Gasteiger partial charge is 0.340 e. The average Bonchev–Trinajstić information content (AvgIpc) is 2.57. The number of nitrogens with zero attached hydrogens (tertiary/aromatic N) is 1. The Bertz CT molecular complexity index is 367. The maximum atomic E-state index is 11.9. The van der Waals surface area contributed by atoms with Gasteiger partial charge in [-0.05, 0) is 13.5 Å². The lowest BCUT2D eigenvalue weighted by Crippen LogP contribution is -2.42. The molecule has 17 heavy (non-hydrogen) atoms. The van der Waals surface area contributed by atoms with Crippen LogP contribution in [0.15, 0.2) is 0 Å². The summed E-state index contributed by atoms with van der Waals surface area (Å²) in [5, 5.41) is 3.18. The smallest absolute Gasteiger partial charge is 0.239 e. The molecule has 0 saturated carbocycles. The van der Waals surface area contributed by atoms with Gasteiger partial charge in [0.25, 0.3) is 0 Å². The monoisotopic (exact) mass is 263 g/mol. The summed E-state index contributed by atoms with van der Waals surface area (Å²) in [5.74, 6) is -0.0334. The first-order valence-corrected chi connectivity index (χ1v) is 7.47. The second kappa shape index (κ2) is 5.79. The van der Waals surface area contributed by atoms with E-state index in [0.29, 0.717) is 6.54 Å². The van der Waals surface area contributed by atoms with Crippen LogP contribution in [0.1, 0.15) is 20.3 Å². The lowest BCUT2D eigenvalue weighted by molar-refractivity contribution is -0.129. The number of carbonyl (C=O) groups is 1. The van der Waals surface area contributed by atoms with Gasteiger partial charge in [0.1, 0.15) is 0 Å². The molecular formula is C10H21N3O3S. The standard InChI is InChI=1S/C10H21N3O3S/c1-8(2)12-9-4-5-13(10(9)14)6-7-17(15,16)11-3/h8-9,11-12H,4-7H2,1-3H3. The molecule has 1 rings (SSSR count). The fraction of sp³-hybridized carbons (Fsp3) is 0.900. The molecule has 1 aliphatic rings. The fourth-order valence-electron chi connectivity index (χ4n) is 1.85. The van der Waals surface area contributed by atoms with E-state index in [1.165, 1.54) is 7.05 Å². The lowest BCUT2D eigenvalue weighted by atomic mass is 10.2. The third-order valence-corrected chi connectivity index (χ3v) is 4.11. The van der Waals surface area contributed by atoms with E-state index >= 15 is 0 Å². The molecule has 2 N–H and O–H groups in total. The normalized spacial score (nSPS) is 21.5. The number of rotatable bonds is 6. The quantitative estimate of drug-likeness (QED) is 0.653. The van der Waals surface area contributed by atoms with Crippen molar-refractivity contribution in [2.75, 3.05) is 25.9 Å². The Morgan fingerprint density at radius 2 is 2.12 bits per heavy atom. The number of hydrogen-bond acceptors (Lipinski definition) is 4. The van der Waals surface area contributed by atoms with Gasteiger partial charge in [-0.1, -0.05) is 13.8 Å². The van der Waals surface area contributed by atoms with Crippen molar-refractivity contribution in [1.29, 1.82) is 0 Å². The molecule has 1 heterocycles. The number of likely N-dealkylation sites (tertiary alicyclic amines) is 1. The maximum Gasteiger partial charge on any atom is 0.239 e. The molecule has 0 aromatic carbocycles. The summed E-state index contributed by atoms with van der Waals surface area (Å²) in [7, 11) is -1.86. The number of hydrogen-bond donors (Lipinski definition) is 2. The van der Waals surface area contributed by atoms with Crippen molar-refractivity contribution in [2.24, 2.45) is 0 Å². The molecule has 6 nitrogen and oxygen atoms in total. The number of nitrogens with one attached hydrogen (secondary N) is 2. The van der Waals surface area contributed by atoms with Gasteiger partial charge in [-0.3, -0.25) is 4.79 Å². The molecule has 1 saturated heterocycles. The second-order valence-corrected chi connectivity index (χ2v) is 6.56. The minimum Gasteiger partial charge on any atom is -0.340 e. The Morgan fingerprint density at radius 3 is 2.65 bits per heavy atom. The van der Waals surface area contributed by atoms with Crippen LogP contribution in [-0.2, 0) is 14.8 Å². The molecule has 0 aromatic heterocycles. The number of carbonyl (C=O) groups excluding carboxylic acids is 1. The van der Waals surface area contributed by atoms with E-state index in [-0.39, 0.29) is 30.3 Å². The number of amides is 1. The first kappa shape index (κ1) is 14.4. The van der Waals surface area contributed by atoms with Crippen LogP contribution in [0.4, 0.5) is 0 Å². The van der Waals surface area contributed by atoms with Crippen molar-refractivity contribution in [3.8, 4) is 0 Å². The minimum absolute atomic E-state index is 0.00463. The van der Waals surface area contributed by atoms with E-state index < -0.39 is 10.0 Å². The molecule has 100 valence electrons. The molecular weight excluding hydrogens is 242 g/mol. The Kier molecular flexibility index (Phi) is 4.91. The van der Waals surface area contributed by atoms with Crippen LogP contribution in [0.3, 0.4) is 0 Å². The molecule has 0 aliphatic carbocycles. The molecule has 7 heteroatoms. The zero-order chi connectivity index (χ0) is 13.1. The maximum absolute atomic E-state index is 11.9. The van der Waals surface area contributed by atoms with Crippen molar-refractivity contribution < 1.29 is 13.2 Å². The van der Waals surface area contributed by atoms with Crippen molar-refractivity contribution in [3.63, 3.8) is 0 Å². The van der Waals surface area contributed by atoms with Crippen molar-refractivity contribution >= 4 is 15.9 Å².